The van der Waals surface area contributed by atoms with E-state index in [1.54, 1.807) is 42.5 Å². The van der Waals surface area contributed by atoms with Crippen LogP contribution in [0.4, 0.5) is 0 Å². The summed E-state index contributed by atoms with van der Waals surface area (Å²) in [6, 6.07) is 11.4. The number of rotatable bonds is 6. The van der Waals surface area contributed by atoms with Gasteiger partial charge in [-0.15, -0.1) is 10.2 Å². The number of methoxy groups -OCH3 is 2. The fraction of sp³-hybridized carbons (Fsp3) is 0.200. The van der Waals surface area contributed by atoms with E-state index >= 15 is 0 Å². The van der Waals surface area contributed by atoms with Crippen LogP contribution in [0.3, 0.4) is 0 Å². The van der Waals surface area contributed by atoms with E-state index in [4.69, 9.17) is 13.9 Å². The molecule has 8 nitrogen and oxygen atoms in total. The minimum absolute atomic E-state index is 0.181. The second-order valence-electron chi connectivity index (χ2n) is 6.19. The first-order valence-electron chi connectivity index (χ1n) is 8.58. The molecule has 1 aliphatic rings. The number of hydrogen-bond acceptors (Lipinski definition) is 7. The van der Waals surface area contributed by atoms with Crippen LogP contribution in [0.1, 0.15) is 38.2 Å². The molecule has 0 N–H and O–H groups in total. The van der Waals surface area contributed by atoms with Gasteiger partial charge >= 0.3 is 0 Å². The van der Waals surface area contributed by atoms with E-state index in [-0.39, 0.29) is 18.2 Å². The van der Waals surface area contributed by atoms with Crippen LogP contribution in [0.5, 0.6) is 11.5 Å². The molecule has 0 radical (unpaired) electrons. The van der Waals surface area contributed by atoms with E-state index in [9.17, 15) is 9.59 Å². The Kier molecular flexibility index (Phi) is 4.52. The lowest BCUT2D eigenvalue weighted by Gasteiger charge is -2.26. The van der Waals surface area contributed by atoms with Gasteiger partial charge in [-0.25, -0.2) is 0 Å². The third kappa shape index (κ3) is 2.88. The third-order valence-corrected chi connectivity index (χ3v) is 4.70. The number of ether oxygens (including phenoxy) is 2. The average molecular weight is 379 g/mol. The van der Waals surface area contributed by atoms with E-state index in [1.165, 1.54) is 25.5 Å². The van der Waals surface area contributed by atoms with E-state index in [0.717, 1.165) is 0 Å². The van der Waals surface area contributed by atoms with Crippen LogP contribution in [-0.4, -0.2) is 41.1 Å². The molecule has 0 spiro atoms. The van der Waals surface area contributed by atoms with Gasteiger partial charge in [-0.3, -0.25) is 14.5 Å². The van der Waals surface area contributed by atoms with Crippen molar-refractivity contribution in [1.82, 2.24) is 15.1 Å². The smallest absolute Gasteiger partial charge is 0.262 e. The molecule has 0 fully saturated rings. The fourth-order valence-corrected chi connectivity index (χ4v) is 3.36. The summed E-state index contributed by atoms with van der Waals surface area (Å²) in [5.41, 5.74) is 1.44. The molecule has 0 unspecified atom stereocenters. The van der Waals surface area contributed by atoms with Crippen LogP contribution in [0.15, 0.2) is 53.3 Å². The number of aromatic nitrogens is 2. The number of amides is 2. The molecule has 2 aromatic carbocycles. The number of carbonyl (C=O) groups excluding carboxylic acids is 2. The Morgan fingerprint density at radius 2 is 1.68 bits per heavy atom. The predicted octanol–water partition coefficient (Wildman–Crippen LogP) is 2.67. The molecule has 2 heterocycles. The van der Waals surface area contributed by atoms with Crippen LogP contribution in [0.2, 0.25) is 0 Å². The Balaban J connectivity index is 1.79. The van der Waals surface area contributed by atoms with Crippen LogP contribution in [0, 0.1) is 0 Å². The maximum Gasteiger partial charge on any atom is 0.262 e. The van der Waals surface area contributed by atoms with Crippen molar-refractivity contribution in [3.63, 3.8) is 0 Å². The number of benzene rings is 2. The number of nitrogens with zero attached hydrogens (tertiary/aromatic N) is 3. The molecule has 0 saturated carbocycles. The standard InChI is InChI=1S/C20H17N3O5/c1-26-16-8-7-12(9-17(16)27-2)15(10-18-22-21-11-28-18)23-19(24)13-5-3-4-6-14(13)20(23)25/h3-9,11,15H,10H2,1-2H3/t15-/m1/s1. The third-order valence-electron chi connectivity index (χ3n) is 4.70. The highest BCUT2D eigenvalue weighted by Gasteiger charge is 2.41. The van der Waals surface area contributed by atoms with E-state index in [1.807, 2.05) is 0 Å². The van der Waals surface area contributed by atoms with Crippen molar-refractivity contribution in [2.45, 2.75) is 12.5 Å². The van der Waals surface area contributed by atoms with Gasteiger partial charge < -0.3 is 13.9 Å². The Hall–Kier alpha value is -3.68. The first kappa shape index (κ1) is 17.7. The highest BCUT2D eigenvalue weighted by molar-refractivity contribution is 6.21. The summed E-state index contributed by atoms with van der Waals surface area (Å²) in [6.07, 6.45) is 1.39. The molecular formula is C20H17N3O5. The lowest BCUT2D eigenvalue weighted by molar-refractivity contribution is 0.0576. The van der Waals surface area contributed by atoms with Crippen LogP contribution >= 0.6 is 0 Å². The lowest BCUT2D eigenvalue weighted by Crippen LogP contribution is -2.35. The second kappa shape index (κ2) is 7.15. The molecule has 142 valence electrons. The highest BCUT2D eigenvalue weighted by Crippen LogP contribution is 2.37. The minimum atomic E-state index is -0.646. The zero-order valence-electron chi connectivity index (χ0n) is 15.3. The zero-order chi connectivity index (χ0) is 19.7. The van der Waals surface area contributed by atoms with Crippen LogP contribution < -0.4 is 9.47 Å². The van der Waals surface area contributed by atoms with Crippen molar-refractivity contribution in [2.75, 3.05) is 14.2 Å². The van der Waals surface area contributed by atoms with Crippen LogP contribution in [0.25, 0.3) is 0 Å². The first-order valence-corrected chi connectivity index (χ1v) is 8.58. The molecule has 1 aliphatic heterocycles. The summed E-state index contributed by atoms with van der Waals surface area (Å²) in [6.45, 7) is 0. The van der Waals surface area contributed by atoms with Crippen molar-refractivity contribution in [2.24, 2.45) is 0 Å². The molecule has 1 aromatic heterocycles. The summed E-state index contributed by atoms with van der Waals surface area (Å²) in [5, 5.41) is 7.59. The van der Waals surface area contributed by atoms with Gasteiger partial charge in [-0.2, -0.15) is 0 Å². The van der Waals surface area contributed by atoms with Gasteiger partial charge in [0.05, 0.1) is 37.8 Å². The van der Waals surface area contributed by atoms with Crippen molar-refractivity contribution in [3.8, 4) is 11.5 Å². The molecular weight excluding hydrogens is 362 g/mol. The van der Waals surface area contributed by atoms with E-state index in [0.29, 0.717) is 34.1 Å². The van der Waals surface area contributed by atoms with Gasteiger partial charge in [-0.05, 0) is 29.8 Å². The molecule has 28 heavy (non-hydrogen) atoms. The van der Waals surface area contributed by atoms with Gasteiger partial charge in [0.1, 0.15) is 0 Å². The Morgan fingerprint density at radius 1 is 1.00 bits per heavy atom. The van der Waals surface area contributed by atoms with Gasteiger partial charge in [0.2, 0.25) is 12.3 Å². The largest absolute Gasteiger partial charge is 0.493 e. The van der Waals surface area contributed by atoms with Gasteiger partial charge in [0.15, 0.2) is 11.5 Å². The van der Waals surface area contributed by atoms with Gasteiger partial charge in [0.25, 0.3) is 11.8 Å². The van der Waals surface area contributed by atoms with Gasteiger partial charge in [-0.1, -0.05) is 18.2 Å². The van der Waals surface area contributed by atoms with Crippen LogP contribution in [-0.2, 0) is 6.42 Å². The summed E-state index contributed by atoms with van der Waals surface area (Å²) in [7, 11) is 3.06. The van der Waals surface area contributed by atoms with Gasteiger partial charge in [0, 0.05) is 0 Å². The Bertz CT molecular complexity index is 997. The SMILES string of the molecule is COc1ccc([C@@H](Cc2nnco2)N2C(=O)c3ccccc3C2=O)cc1OC. The van der Waals surface area contributed by atoms with Crippen molar-refractivity contribution < 1.29 is 23.5 Å². The number of imide groups is 1. The summed E-state index contributed by atoms with van der Waals surface area (Å²) in [5.74, 6) is 0.633. The molecule has 8 heteroatoms. The van der Waals surface area contributed by atoms with Crippen molar-refractivity contribution in [3.05, 3.63) is 71.4 Å². The molecule has 1 atom stereocenters. The molecule has 2 amide bonds. The highest BCUT2D eigenvalue weighted by atomic mass is 16.5. The maximum absolute atomic E-state index is 13.0. The lowest BCUT2D eigenvalue weighted by atomic mass is 10.0. The number of fused-ring (bicyclic) bond motifs is 1. The minimum Gasteiger partial charge on any atom is -0.493 e. The number of hydrogen-bond donors (Lipinski definition) is 0. The summed E-state index contributed by atoms with van der Waals surface area (Å²) < 4.78 is 15.9. The maximum atomic E-state index is 13.0. The molecule has 0 saturated heterocycles. The van der Waals surface area contributed by atoms with Crippen molar-refractivity contribution >= 4 is 11.8 Å². The topological polar surface area (TPSA) is 94.8 Å². The Morgan fingerprint density at radius 3 is 2.25 bits per heavy atom. The molecule has 0 aliphatic carbocycles. The Labute approximate surface area is 160 Å². The fourth-order valence-electron chi connectivity index (χ4n) is 3.36. The average Bonchev–Trinajstić information content (AvgIpc) is 3.33. The summed E-state index contributed by atoms with van der Waals surface area (Å²) in [4.78, 5) is 27.3. The van der Waals surface area contributed by atoms with Crippen molar-refractivity contribution in [1.29, 1.82) is 0 Å². The summed E-state index contributed by atoms with van der Waals surface area (Å²) >= 11 is 0. The first-order chi connectivity index (χ1) is 13.6. The monoisotopic (exact) mass is 379 g/mol. The predicted molar refractivity (Wildman–Crippen MR) is 97.2 cm³/mol. The zero-order valence-corrected chi connectivity index (χ0v) is 15.3. The quantitative estimate of drug-likeness (QED) is 0.608. The molecule has 4 rings (SSSR count). The normalized spacial score (nSPS) is 14.1. The van der Waals surface area contributed by atoms with E-state index in [2.05, 4.69) is 10.2 Å². The number of carbonyl (C=O) groups is 2. The second-order valence-corrected chi connectivity index (χ2v) is 6.19. The molecule has 0 bridgehead atoms. The molecule has 3 aromatic rings. The van der Waals surface area contributed by atoms with E-state index < -0.39 is 6.04 Å².